The molecule has 20 heavy (non-hydrogen) atoms. The van der Waals surface area contributed by atoms with Crippen LogP contribution in [0.25, 0.3) is 0 Å². The maximum Gasteiger partial charge on any atom is 0.326 e. The molecule has 0 bridgehead atoms. The zero-order valence-corrected chi connectivity index (χ0v) is 13.2. The first-order chi connectivity index (χ1) is 9.36. The van der Waals surface area contributed by atoms with Crippen LogP contribution < -0.4 is 5.32 Å². The molecule has 1 aromatic heterocycles. The Morgan fingerprint density at radius 2 is 2.20 bits per heavy atom. The summed E-state index contributed by atoms with van der Waals surface area (Å²) in [6, 6.07) is 0.884. The van der Waals surface area contributed by atoms with Gasteiger partial charge in [0.2, 0.25) is 0 Å². The van der Waals surface area contributed by atoms with Crippen LogP contribution in [0.15, 0.2) is 29.4 Å². The molecule has 0 aliphatic rings. The average Bonchev–Trinajstić information content (AvgIpc) is 2.76. The van der Waals surface area contributed by atoms with Crippen LogP contribution in [0.1, 0.15) is 43.2 Å². The van der Waals surface area contributed by atoms with Gasteiger partial charge in [0, 0.05) is 16.7 Å². The highest BCUT2D eigenvalue weighted by Gasteiger charge is 2.22. The molecule has 0 aliphatic carbocycles. The summed E-state index contributed by atoms with van der Waals surface area (Å²) >= 11 is 3.33. The topological polar surface area (TPSA) is 71.3 Å². The second kappa shape index (κ2) is 7.28. The predicted octanol–water partition coefficient (Wildman–Crippen LogP) is 2.98. The third-order valence-corrected chi connectivity index (χ3v) is 3.30. The van der Waals surface area contributed by atoms with Gasteiger partial charge in [-0.15, -0.1) is 6.58 Å². The molecular formula is C14H19BrN2O3. The number of nitrogens with zero attached hydrogens (tertiary/aromatic N) is 1. The molecule has 5 nitrogen and oxygen atoms in total. The van der Waals surface area contributed by atoms with Crippen LogP contribution in [0.2, 0.25) is 0 Å². The van der Waals surface area contributed by atoms with Crippen LogP contribution in [0, 0.1) is 0 Å². The lowest BCUT2D eigenvalue weighted by molar-refractivity contribution is -0.139. The van der Waals surface area contributed by atoms with E-state index < -0.39 is 12.0 Å². The van der Waals surface area contributed by atoms with Crippen molar-refractivity contribution < 1.29 is 14.7 Å². The van der Waals surface area contributed by atoms with Gasteiger partial charge < -0.3 is 15.0 Å². The van der Waals surface area contributed by atoms with Crippen LogP contribution in [0.3, 0.4) is 0 Å². The Labute approximate surface area is 126 Å². The largest absolute Gasteiger partial charge is 0.480 e. The third kappa shape index (κ3) is 4.23. The molecule has 0 aromatic carbocycles. The zero-order valence-electron chi connectivity index (χ0n) is 11.6. The number of rotatable bonds is 7. The Kier molecular flexibility index (Phi) is 6.01. The minimum Gasteiger partial charge on any atom is -0.480 e. The normalized spacial score (nSPS) is 12.2. The third-order valence-electron chi connectivity index (χ3n) is 2.87. The Hall–Kier alpha value is -1.56. The number of carboxylic acid groups (broad SMARTS) is 1. The average molecular weight is 343 g/mol. The Bertz CT molecular complexity index is 509. The van der Waals surface area contributed by atoms with Crippen LogP contribution in [-0.4, -0.2) is 27.6 Å². The number of carbonyl (C=O) groups is 2. The smallest absolute Gasteiger partial charge is 0.326 e. The molecule has 0 fully saturated rings. The van der Waals surface area contributed by atoms with Gasteiger partial charge in [0.25, 0.3) is 5.91 Å². The molecule has 110 valence electrons. The fourth-order valence-electron chi connectivity index (χ4n) is 1.83. The number of allylic oxidation sites excluding steroid dienone is 1. The highest BCUT2D eigenvalue weighted by atomic mass is 79.9. The molecule has 6 heteroatoms. The molecule has 0 saturated carbocycles. The van der Waals surface area contributed by atoms with E-state index in [1.807, 2.05) is 13.8 Å². The number of hydrogen-bond acceptors (Lipinski definition) is 2. The van der Waals surface area contributed by atoms with Crippen LogP contribution in [0.5, 0.6) is 0 Å². The molecule has 1 atom stereocenters. The van der Waals surface area contributed by atoms with Crippen LogP contribution >= 0.6 is 15.9 Å². The predicted molar refractivity (Wildman–Crippen MR) is 80.8 cm³/mol. The Morgan fingerprint density at radius 3 is 2.70 bits per heavy atom. The van der Waals surface area contributed by atoms with E-state index >= 15 is 0 Å². The first-order valence-electron chi connectivity index (χ1n) is 6.38. The van der Waals surface area contributed by atoms with E-state index in [1.165, 1.54) is 0 Å². The molecular weight excluding hydrogens is 324 g/mol. The Balaban J connectivity index is 2.88. The highest BCUT2D eigenvalue weighted by Crippen LogP contribution is 2.19. The summed E-state index contributed by atoms with van der Waals surface area (Å²) in [5.41, 5.74) is 0.441. The molecule has 0 saturated heterocycles. The van der Waals surface area contributed by atoms with Gasteiger partial charge in [0.05, 0.1) is 0 Å². The van der Waals surface area contributed by atoms with E-state index in [4.69, 9.17) is 5.11 Å². The maximum absolute atomic E-state index is 12.2. The first-order valence-corrected chi connectivity index (χ1v) is 7.18. The van der Waals surface area contributed by atoms with Gasteiger partial charge in [-0.1, -0.05) is 6.08 Å². The van der Waals surface area contributed by atoms with Crippen molar-refractivity contribution in [2.75, 3.05) is 0 Å². The summed E-state index contributed by atoms with van der Waals surface area (Å²) in [6.07, 6.45) is 4.30. The number of halogens is 1. The van der Waals surface area contributed by atoms with Crippen molar-refractivity contribution in [3.8, 4) is 0 Å². The van der Waals surface area contributed by atoms with Crippen molar-refractivity contribution in [1.29, 1.82) is 0 Å². The zero-order chi connectivity index (χ0) is 15.3. The van der Waals surface area contributed by atoms with Crippen LogP contribution in [-0.2, 0) is 4.79 Å². The maximum atomic E-state index is 12.2. The molecule has 2 N–H and O–H groups in total. The van der Waals surface area contributed by atoms with E-state index in [0.29, 0.717) is 18.5 Å². The minimum atomic E-state index is -1.04. The summed E-state index contributed by atoms with van der Waals surface area (Å²) in [5, 5.41) is 11.7. The molecule has 1 rings (SSSR count). The van der Waals surface area contributed by atoms with E-state index in [-0.39, 0.29) is 11.9 Å². The number of nitrogens with one attached hydrogen (secondary N) is 1. The van der Waals surface area contributed by atoms with Crippen molar-refractivity contribution in [3.63, 3.8) is 0 Å². The number of hydrogen-bond donors (Lipinski definition) is 2. The van der Waals surface area contributed by atoms with Gasteiger partial charge in [-0.05, 0) is 48.7 Å². The lowest BCUT2D eigenvalue weighted by Gasteiger charge is -2.16. The molecule has 1 aromatic rings. The quantitative estimate of drug-likeness (QED) is 0.748. The summed E-state index contributed by atoms with van der Waals surface area (Å²) < 4.78 is 2.58. The fraction of sp³-hybridized carbons (Fsp3) is 0.429. The highest BCUT2D eigenvalue weighted by molar-refractivity contribution is 9.10. The lowest BCUT2D eigenvalue weighted by Crippen LogP contribution is -2.41. The molecule has 1 unspecified atom stereocenters. The van der Waals surface area contributed by atoms with Gasteiger partial charge in [-0.3, -0.25) is 4.79 Å². The van der Waals surface area contributed by atoms with Crippen molar-refractivity contribution in [2.45, 2.75) is 38.8 Å². The van der Waals surface area contributed by atoms with Gasteiger partial charge >= 0.3 is 5.97 Å². The number of aromatic nitrogens is 1. The minimum absolute atomic E-state index is 0.110. The second-order valence-corrected chi connectivity index (χ2v) is 5.69. The van der Waals surface area contributed by atoms with Crippen molar-refractivity contribution in [3.05, 3.63) is 35.1 Å². The van der Waals surface area contributed by atoms with Gasteiger partial charge in [0.15, 0.2) is 0 Å². The number of carbonyl (C=O) groups excluding carboxylic acids is 1. The number of aliphatic carboxylic acids is 1. The standard InChI is InChI=1S/C14H19BrN2O3/c1-4-5-6-11(14(19)20)16-13(18)12-7-10(15)8-17(12)9(2)3/h4,7-9,11H,1,5-6H2,2-3H3,(H,16,18)(H,19,20). The van der Waals surface area contributed by atoms with Crippen molar-refractivity contribution in [2.24, 2.45) is 0 Å². The van der Waals surface area contributed by atoms with Gasteiger partial charge in [-0.25, -0.2) is 4.79 Å². The first kappa shape index (κ1) is 16.5. The summed E-state index contributed by atoms with van der Waals surface area (Å²) in [6.45, 7) is 7.46. The SMILES string of the molecule is C=CCCC(NC(=O)c1cc(Br)cn1C(C)C)C(=O)O. The number of carboxylic acids is 1. The monoisotopic (exact) mass is 342 g/mol. The van der Waals surface area contributed by atoms with Crippen LogP contribution in [0.4, 0.5) is 0 Å². The van der Waals surface area contributed by atoms with E-state index in [1.54, 1.807) is 22.9 Å². The molecule has 0 spiro atoms. The van der Waals surface area contributed by atoms with Crippen molar-refractivity contribution >= 4 is 27.8 Å². The Morgan fingerprint density at radius 1 is 1.55 bits per heavy atom. The lowest BCUT2D eigenvalue weighted by atomic mass is 10.1. The van der Waals surface area contributed by atoms with Gasteiger partial charge in [0.1, 0.15) is 11.7 Å². The van der Waals surface area contributed by atoms with Crippen molar-refractivity contribution in [1.82, 2.24) is 9.88 Å². The fourth-order valence-corrected chi connectivity index (χ4v) is 2.27. The van der Waals surface area contributed by atoms with Gasteiger partial charge in [-0.2, -0.15) is 0 Å². The molecule has 0 aliphatic heterocycles. The molecule has 1 heterocycles. The van der Waals surface area contributed by atoms with E-state index in [0.717, 1.165) is 4.47 Å². The molecule has 0 radical (unpaired) electrons. The summed E-state index contributed by atoms with van der Waals surface area (Å²) in [7, 11) is 0. The second-order valence-electron chi connectivity index (χ2n) is 4.77. The van der Waals surface area contributed by atoms with E-state index in [9.17, 15) is 9.59 Å². The summed E-state index contributed by atoms with van der Waals surface area (Å²) in [5.74, 6) is -1.43. The number of amides is 1. The molecule has 1 amide bonds. The summed E-state index contributed by atoms with van der Waals surface area (Å²) in [4.78, 5) is 23.4. The van der Waals surface area contributed by atoms with E-state index in [2.05, 4.69) is 27.8 Å².